The Kier molecular flexibility index (Phi) is 5.59. The van der Waals surface area contributed by atoms with Crippen molar-refractivity contribution in [3.8, 4) is 5.75 Å². The summed E-state index contributed by atoms with van der Waals surface area (Å²) in [7, 11) is -1.40. The molecule has 9 heteroatoms. The fourth-order valence-electron chi connectivity index (χ4n) is 3.47. The predicted octanol–water partition coefficient (Wildman–Crippen LogP) is 1.02. The molecule has 2 aliphatic rings. The summed E-state index contributed by atoms with van der Waals surface area (Å²) in [5.74, 6) is 0.697. The molecule has 8 nitrogen and oxygen atoms in total. The van der Waals surface area contributed by atoms with Gasteiger partial charge >= 0.3 is 6.03 Å². The number of ether oxygens (including phenoxy) is 1. The first-order valence-electron chi connectivity index (χ1n) is 9.04. The molecular weight excluding hydrogens is 370 g/mol. The van der Waals surface area contributed by atoms with Crippen molar-refractivity contribution in [2.75, 3.05) is 36.6 Å². The lowest BCUT2D eigenvalue weighted by molar-refractivity contribution is -0.124. The van der Waals surface area contributed by atoms with Gasteiger partial charge < -0.3 is 19.9 Å². The van der Waals surface area contributed by atoms with Gasteiger partial charge in [-0.15, -0.1) is 0 Å². The molecule has 0 spiro atoms. The highest BCUT2D eigenvalue weighted by atomic mass is 32.2. The molecule has 1 N–H and O–H groups in total. The Labute approximate surface area is 159 Å². The van der Waals surface area contributed by atoms with Gasteiger partial charge in [-0.3, -0.25) is 4.79 Å². The first-order valence-corrected chi connectivity index (χ1v) is 10.9. The average molecular weight is 395 g/mol. The van der Waals surface area contributed by atoms with E-state index in [2.05, 4.69) is 5.32 Å². The molecular formula is C18H25N3O5S. The van der Waals surface area contributed by atoms with E-state index in [-0.39, 0.29) is 29.5 Å². The number of methoxy groups -OCH3 is 1. The zero-order valence-electron chi connectivity index (χ0n) is 15.6. The average Bonchev–Trinajstić information content (AvgIpc) is 2.65. The monoisotopic (exact) mass is 395 g/mol. The highest BCUT2D eigenvalue weighted by Gasteiger charge is 2.36. The van der Waals surface area contributed by atoms with Gasteiger partial charge in [0.05, 0.1) is 18.6 Å². The molecule has 0 aliphatic carbocycles. The van der Waals surface area contributed by atoms with Crippen LogP contribution < -0.4 is 15.0 Å². The van der Waals surface area contributed by atoms with Gasteiger partial charge in [-0.25, -0.2) is 13.2 Å². The van der Waals surface area contributed by atoms with E-state index >= 15 is 0 Å². The molecule has 1 aromatic carbocycles. The van der Waals surface area contributed by atoms with Gasteiger partial charge in [-0.05, 0) is 31.9 Å². The third kappa shape index (κ3) is 4.35. The number of carbonyl (C=O) groups is 2. The molecule has 148 valence electrons. The van der Waals surface area contributed by atoms with E-state index in [9.17, 15) is 18.0 Å². The second kappa shape index (κ2) is 7.75. The minimum atomic E-state index is -2.98. The molecule has 0 unspecified atom stereocenters. The van der Waals surface area contributed by atoms with E-state index in [1.54, 1.807) is 25.0 Å². The number of carbonyl (C=O) groups excluding carboxylic acids is 2. The highest BCUT2D eigenvalue weighted by Crippen LogP contribution is 2.24. The van der Waals surface area contributed by atoms with Gasteiger partial charge in [0, 0.05) is 30.9 Å². The number of rotatable bonds is 3. The number of hydrogen-bond donors (Lipinski definition) is 1. The summed E-state index contributed by atoms with van der Waals surface area (Å²) in [4.78, 5) is 28.6. The molecule has 1 atom stereocenters. The Balaban J connectivity index is 1.63. The van der Waals surface area contributed by atoms with Crippen molar-refractivity contribution in [3.63, 3.8) is 0 Å². The third-order valence-electron chi connectivity index (χ3n) is 5.16. The molecule has 2 aliphatic heterocycles. The fraction of sp³-hybridized carbons (Fsp3) is 0.556. The zero-order chi connectivity index (χ0) is 19.6. The second-order valence-electron chi connectivity index (χ2n) is 6.94. The lowest BCUT2D eigenvalue weighted by Crippen LogP contribution is -2.61. The Morgan fingerprint density at radius 1 is 1.22 bits per heavy atom. The normalized spacial score (nSPS) is 23.2. The minimum Gasteiger partial charge on any atom is -0.497 e. The summed E-state index contributed by atoms with van der Waals surface area (Å²) in [6.45, 7) is 2.50. The Bertz CT molecular complexity index is 812. The Hall–Kier alpha value is -2.29. The van der Waals surface area contributed by atoms with E-state index in [1.807, 2.05) is 18.2 Å². The molecule has 0 saturated carbocycles. The maximum atomic E-state index is 12.8. The molecule has 0 radical (unpaired) electrons. The summed E-state index contributed by atoms with van der Waals surface area (Å²) in [6, 6.07) is 6.18. The van der Waals surface area contributed by atoms with Gasteiger partial charge in [0.2, 0.25) is 5.91 Å². The second-order valence-corrected chi connectivity index (χ2v) is 9.24. The Morgan fingerprint density at radius 3 is 2.59 bits per heavy atom. The smallest absolute Gasteiger partial charge is 0.318 e. The van der Waals surface area contributed by atoms with E-state index in [1.165, 1.54) is 4.90 Å². The van der Waals surface area contributed by atoms with Gasteiger partial charge in [0.15, 0.2) is 0 Å². The molecule has 1 aromatic rings. The summed E-state index contributed by atoms with van der Waals surface area (Å²) >= 11 is 0. The first-order chi connectivity index (χ1) is 12.8. The zero-order valence-corrected chi connectivity index (χ0v) is 16.4. The SMILES string of the molecule is COc1cccc(N2CCN(C(=O)NC3CCS(=O)(=O)CC3)[C@@H](C)C2=O)c1. The lowest BCUT2D eigenvalue weighted by Gasteiger charge is -2.39. The van der Waals surface area contributed by atoms with Crippen molar-refractivity contribution in [1.82, 2.24) is 10.2 Å². The maximum Gasteiger partial charge on any atom is 0.318 e. The standard InChI is InChI=1S/C18H25N3O5S/c1-13-17(22)21(15-4-3-5-16(12-15)26-2)9-8-20(13)18(23)19-14-6-10-27(24,25)11-7-14/h3-5,12-14H,6-11H2,1-2H3,(H,19,23)/t13-/m0/s1. The molecule has 2 heterocycles. The van der Waals surface area contributed by atoms with Crippen LogP contribution in [0.3, 0.4) is 0 Å². The molecule has 3 rings (SSSR count). The van der Waals surface area contributed by atoms with Gasteiger partial charge in [-0.1, -0.05) is 6.07 Å². The predicted molar refractivity (Wildman–Crippen MR) is 102 cm³/mol. The van der Waals surface area contributed by atoms with E-state index in [0.29, 0.717) is 31.7 Å². The van der Waals surface area contributed by atoms with Crippen molar-refractivity contribution < 1.29 is 22.7 Å². The van der Waals surface area contributed by atoms with Gasteiger partial charge in [0.1, 0.15) is 21.6 Å². The summed E-state index contributed by atoms with van der Waals surface area (Å²) in [6.07, 6.45) is 0.834. The minimum absolute atomic E-state index is 0.0933. The number of sulfone groups is 1. The van der Waals surface area contributed by atoms with Crippen LogP contribution in [0.2, 0.25) is 0 Å². The topological polar surface area (TPSA) is 96.0 Å². The third-order valence-corrected chi connectivity index (χ3v) is 6.88. The van der Waals surface area contributed by atoms with Gasteiger partial charge in [0.25, 0.3) is 0 Å². The highest BCUT2D eigenvalue weighted by molar-refractivity contribution is 7.91. The first kappa shape index (κ1) is 19.5. The number of hydrogen-bond acceptors (Lipinski definition) is 5. The number of nitrogens with zero attached hydrogens (tertiary/aromatic N) is 2. The van der Waals surface area contributed by atoms with E-state index in [4.69, 9.17) is 4.74 Å². The van der Waals surface area contributed by atoms with Crippen LogP contribution in [0.5, 0.6) is 5.75 Å². The number of benzene rings is 1. The van der Waals surface area contributed by atoms with E-state index < -0.39 is 15.9 Å². The van der Waals surface area contributed by atoms with Gasteiger partial charge in [-0.2, -0.15) is 0 Å². The largest absolute Gasteiger partial charge is 0.497 e. The quantitative estimate of drug-likeness (QED) is 0.824. The van der Waals surface area contributed by atoms with Crippen LogP contribution in [0.1, 0.15) is 19.8 Å². The van der Waals surface area contributed by atoms with Crippen LogP contribution in [0.25, 0.3) is 0 Å². The summed E-state index contributed by atoms with van der Waals surface area (Å²) in [5.41, 5.74) is 0.740. The molecule has 2 saturated heterocycles. The number of amides is 3. The van der Waals surface area contributed by atoms with Crippen LogP contribution in [-0.4, -0.2) is 69.0 Å². The maximum absolute atomic E-state index is 12.8. The van der Waals surface area contributed by atoms with Crippen LogP contribution in [-0.2, 0) is 14.6 Å². The van der Waals surface area contributed by atoms with Crippen LogP contribution in [0.4, 0.5) is 10.5 Å². The van der Waals surface area contributed by atoms with Crippen molar-refractivity contribution in [3.05, 3.63) is 24.3 Å². The Morgan fingerprint density at radius 2 is 1.93 bits per heavy atom. The number of anilines is 1. The summed E-state index contributed by atoms with van der Waals surface area (Å²) < 4.78 is 28.2. The van der Waals surface area contributed by atoms with Crippen LogP contribution in [0.15, 0.2) is 24.3 Å². The van der Waals surface area contributed by atoms with Crippen molar-refractivity contribution in [2.45, 2.75) is 31.8 Å². The number of nitrogens with one attached hydrogen (secondary N) is 1. The molecule has 3 amide bonds. The molecule has 0 bridgehead atoms. The van der Waals surface area contributed by atoms with Crippen LogP contribution >= 0.6 is 0 Å². The van der Waals surface area contributed by atoms with Crippen LogP contribution in [0, 0.1) is 0 Å². The van der Waals surface area contributed by atoms with Crippen molar-refractivity contribution >= 4 is 27.5 Å². The molecule has 2 fully saturated rings. The van der Waals surface area contributed by atoms with Crippen molar-refractivity contribution in [1.29, 1.82) is 0 Å². The number of piperazine rings is 1. The lowest BCUT2D eigenvalue weighted by atomic mass is 10.1. The van der Waals surface area contributed by atoms with Crippen molar-refractivity contribution in [2.24, 2.45) is 0 Å². The fourth-order valence-corrected chi connectivity index (χ4v) is 4.97. The molecule has 27 heavy (non-hydrogen) atoms. The molecule has 0 aromatic heterocycles. The summed E-state index contributed by atoms with van der Waals surface area (Å²) in [5, 5.41) is 2.88. The number of urea groups is 1. The van der Waals surface area contributed by atoms with E-state index in [0.717, 1.165) is 5.69 Å².